The SMILES string of the molecule is CCCCN1c2cc(F)c(C(=O)O)cc2C(C)CC1(C)C. The Labute approximate surface area is 125 Å². The average Bonchev–Trinajstić information content (AvgIpc) is 2.36. The molecule has 0 spiro atoms. The molecule has 3 nitrogen and oxygen atoms in total. The topological polar surface area (TPSA) is 40.5 Å². The van der Waals surface area contributed by atoms with Gasteiger partial charge in [-0.05, 0) is 50.3 Å². The number of unbranched alkanes of at least 4 members (excludes halogenated alkanes) is 1. The van der Waals surface area contributed by atoms with Crippen molar-refractivity contribution in [2.45, 2.75) is 58.4 Å². The molecule has 0 bridgehead atoms. The molecule has 1 aromatic carbocycles. The van der Waals surface area contributed by atoms with Crippen LogP contribution in [0.1, 0.15) is 68.8 Å². The molecule has 0 aliphatic carbocycles. The predicted molar refractivity (Wildman–Crippen MR) is 82.7 cm³/mol. The van der Waals surface area contributed by atoms with Crippen molar-refractivity contribution in [2.24, 2.45) is 0 Å². The van der Waals surface area contributed by atoms with Crippen LogP contribution < -0.4 is 4.90 Å². The minimum Gasteiger partial charge on any atom is -0.478 e. The van der Waals surface area contributed by atoms with E-state index in [1.54, 1.807) is 0 Å². The van der Waals surface area contributed by atoms with Crippen LogP contribution in [0.4, 0.5) is 10.1 Å². The van der Waals surface area contributed by atoms with Gasteiger partial charge in [-0.2, -0.15) is 0 Å². The summed E-state index contributed by atoms with van der Waals surface area (Å²) in [6.45, 7) is 9.43. The second-order valence-corrected chi connectivity index (χ2v) is 6.62. The predicted octanol–water partition coefficient (Wildman–Crippen LogP) is 4.42. The highest BCUT2D eigenvalue weighted by molar-refractivity contribution is 5.89. The van der Waals surface area contributed by atoms with Gasteiger partial charge >= 0.3 is 5.97 Å². The summed E-state index contributed by atoms with van der Waals surface area (Å²) in [5.41, 5.74) is 1.54. The minimum atomic E-state index is -1.20. The van der Waals surface area contributed by atoms with Crippen LogP contribution in [0.25, 0.3) is 0 Å². The number of carboxylic acids is 1. The Kier molecular flexibility index (Phi) is 4.26. The van der Waals surface area contributed by atoms with Crippen LogP contribution in [0.3, 0.4) is 0 Å². The van der Waals surface area contributed by atoms with E-state index in [1.807, 2.05) is 0 Å². The van der Waals surface area contributed by atoms with E-state index in [1.165, 1.54) is 12.1 Å². The van der Waals surface area contributed by atoms with Gasteiger partial charge in [0.2, 0.25) is 0 Å². The van der Waals surface area contributed by atoms with Gasteiger partial charge in [0.05, 0.1) is 5.56 Å². The number of aromatic carboxylic acids is 1. The molecule has 116 valence electrons. The summed E-state index contributed by atoms with van der Waals surface area (Å²) in [4.78, 5) is 13.4. The monoisotopic (exact) mass is 293 g/mol. The summed E-state index contributed by atoms with van der Waals surface area (Å²) in [7, 11) is 0. The summed E-state index contributed by atoms with van der Waals surface area (Å²) in [6.07, 6.45) is 3.06. The Hall–Kier alpha value is -1.58. The number of carboxylic acid groups (broad SMARTS) is 1. The number of carbonyl (C=O) groups is 1. The first kappa shape index (κ1) is 15.8. The van der Waals surface area contributed by atoms with Gasteiger partial charge in [-0.3, -0.25) is 0 Å². The second kappa shape index (κ2) is 5.66. The zero-order valence-electron chi connectivity index (χ0n) is 13.2. The average molecular weight is 293 g/mol. The molecule has 4 heteroatoms. The molecule has 1 aromatic rings. The van der Waals surface area contributed by atoms with Crippen LogP contribution >= 0.6 is 0 Å². The molecule has 1 aliphatic heterocycles. The second-order valence-electron chi connectivity index (χ2n) is 6.62. The fraction of sp³-hybridized carbons (Fsp3) is 0.588. The van der Waals surface area contributed by atoms with E-state index >= 15 is 0 Å². The van der Waals surface area contributed by atoms with E-state index in [4.69, 9.17) is 5.11 Å². The normalized spacial score (nSPS) is 20.2. The van der Waals surface area contributed by atoms with Crippen LogP contribution in [0.2, 0.25) is 0 Å². The lowest BCUT2D eigenvalue weighted by Crippen LogP contribution is -2.49. The van der Waals surface area contributed by atoms with Crippen LogP contribution in [0.5, 0.6) is 0 Å². The van der Waals surface area contributed by atoms with Gasteiger partial charge in [0, 0.05) is 17.8 Å². The van der Waals surface area contributed by atoms with Crippen molar-refractivity contribution in [3.8, 4) is 0 Å². The van der Waals surface area contributed by atoms with Crippen LogP contribution in [-0.2, 0) is 0 Å². The number of benzene rings is 1. The molecular formula is C17H24FNO2. The van der Waals surface area contributed by atoms with Gasteiger partial charge in [-0.1, -0.05) is 20.3 Å². The first-order valence-corrected chi connectivity index (χ1v) is 7.62. The number of hydrogen-bond donors (Lipinski definition) is 1. The molecule has 0 saturated heterocycles. The maximum atomic E-state index is 14.1. The number of anilines is 1. The third-order valence-corrected chi connectivity index (χ3v) is 4.44. The van der Waals surface area contributed by atoms with Crippen LogP contribution in [0, 0.1) is 5.82 Å². The Morgan fingerprint density at radius 1 is 1.48 bits per heavy atom. The van der Waals surface area contributed by atoms with Crippen molar-refractivity contribution in [3.63, 3.8) is 0 Å². The van der Waals surface area contributed by atoms with E-state index in [-0.39, 0.29) is 17.0 Å². The lowest BCUT2D eigenvalue weighted by Gasteiger charge is -2.47. The lowest BCUT2D eigenvalue weighted by molar-refractivity contribution is 0.0691. The molecule has 1 N–H and O–H groups in total. The number of hydrogen-bond acceptors (Lipinski definition) is 2. The van der Waals surface area contributed by atoms with E-state index in [0.717, 1.165) is 37.1 Å². The highest BCUT2D eigenvalue weighted by atomic mass is 19.1. The largest absolute Gasteiger partial charge is 0.478 e. The van der Waals surface area contributed by atoms with Crippen molar-refractivity contribution in [3.05, 3.63) is 29.1 Å². The summed E-state index contributed by atoms with van der Waals surface area (Å²) in [5, 5.41) is 9.11. The summed E-state index contributed by atoms with van der Waals surface area (Å²) >= 11 is 0. The van der Waals surface area contributed by atoms with Crippen molar-refractivity contribution in [2.75, 3.05) is 11.4 Å². The van der Waals surface area contributed by atoms with Gasteiger partial charge in [0.1, 0.15) is 5.82 Å². The Balaban J connectivity index is 2.54. The minimum absolute atomic E-state index is 0.0429. The molecule has 0 saturated carbocycles. The maximum absolute atomic E-state index is 14.1. The number of rotatable bonds is 4. The van der Waals surface area contributed by atoms with E-state index in [2.05, 4.69) is 32.6 Å². The van der Waals surface area contributed by atoms with Crippen LogP contribution in [0.15, 0.2) is 12.1 Å². The van der Waals surface area contributed by atoms with Crippen molar-refractivity contribution < 1.29 is 14.3 Å². The molecule has 1 heterocycles. The Morgan fingerprint density at radius 2 is 2.14 bits per heavy atom. The summed E-state index contributed by atoms with van der Waals surface area (Å²) in [6, 6.07) is 2.93. The smallest absolute Gasteiger partial charge is 0.338 e. The molecule has 2 rings (SSSR count). The molecule has 0 fully saturated rings. The summed E-state index contributed by atoms with van der Waals surface area (Å²) < 4.78 is 14.1. The van der Waals surface area contributed by atoms with E-state index < -0.39 is 11.8 Å². The lowest BCUT2D eigenvalue weighted by atomic mass is 9.79. The Morgan fingerprint density at radius 3 is 2.71 bits per heavy atom. The van der Waals surface area contributed by atoms with Gasteiger partial charge in [-0.25, -0.2) is 9.18 Å². The fourth-order valence-corrected chi connectivity index (χ4v) is 3.41. The third-order valence-electron chi connectivity index (χ3n) is 4.44. The molecule has 21 heavy (non-hydrogen) atoms. The zero-order chi connectivity index (χ0) is 15.8. The molecule has 0 aromatic heterocycles. The van der Waals surface area contributed by atoms with Gasteiger partial charge in [0.15, 0.2) is 0 Å². The van der Waals surface area contributed by atoms with Crippen molar-refractivity contribution in [1.82, 2.24) is 0 Å². The number of halogens is 1. The Bertz CT molecular complexity index is 554. The quantitative estimate of drug-likeness (QED) is 0.893. The van der Waals surface area contributed by atoms with Crippen LogP contribution in [-0.4, -0.2) is 23.2 Å². The highest BCUT2D eigenvalue weighted by Gasteiger charge is 2.37. The van der Waals surface area contributed by atoms with Gasteiger partial charge in [0.25, 0.3) is 0 Å². The zero-order valence-corrected chi connectivity index (χ0v) is 13.2. The van der Waals surface area contributed by atoms with Gasteiger partial charge < -0.3 is 10.0 Å². The van der Waals surface area contributed by atoms with Crippen molar-refractivity contribution in [1.29, 1.82) is 0 Å². The molecule has 0 amide bonds. The highest BCUT2D eigenvalue weighted by Crippen LogP contribution is 2.44. The fourth-order valence-electron chi connectivity index (χ4n) is 3.41. The van der Waals surface area contributed by atoms with E-state index in [0.29, 0.717) is 0 Å². The standard InChI is InChI=1S/C17H24FNO2/c1-5-6-7-19-15-9-14(18)13(16(20)21)8-12(15)11(2)10-17(19,3)4/h8-9,11H,5-7,10H2,1-4H3,(H,20,21). The first-order chi connectivity index (χ1) is 9.77. The third kappa shape index (κ3) is 2.89. The number of fused-ring (bicyclic) bond motifs is 1. The molecule has 0 radical (unpaired) electrons. The van der Waals surface area contributed by atoms with E-state index in [9.17, 15) is 9.18 Å². The summed E-state index contributed by atoms with van der Waals surface area (Å²) in [5.74, 6) is -1.62. The maximum Gasteiger partial charge on any atom is 0.338 e. The first-order valence-electron chi connectivity index (χ1n) is 7.62. The molecular weight excluding hydrogens is 269 g/mol. The molecule has 1 atom stereocenters. The van der Waals surface area contributed by atoms with Crippen molar-refractivity contribution >= 4 is 11.7 Å². The number of nitrogens with zero attached hydrogens (tertiary/aromatic N) is 1. The molecule has 1 aliphatic rings. The molecule has 1 unspecified atom stereocenters. The van der Waals surface area contributed by atoms with Gasteiger partial charge in [-0.15, -0.1) is 0 Å².